The lowest BCUT2D eigenvalue weighted by atomic mass is 10.2. The zero-order valence-corrected chi connectivity index (χ0v) is 12.0. The van der Waals surface area contributed by atoms with E-state index in [0.717, 1.165) is 29.0 Å². The Hall–Kier alpha value is -0.860. The summed E-state index contributed by atoms with van der Waals surface area (Å²) >= 11 is 2.69. The molecule has 6 nitrogen and oxygen atoms in total. The number of aromatic nitrogens is 2. The molecule has 1 unspecified atom stereocenters. The second kappa shape index (κ2) is 5.85. The van der Waals surface area contributed by atoms with Crippen molar-refractivity contribution in [1.29, 1.82) is 0 Å². The maximum absolute atomic E-state index is 10.5. The SMILES string of the molecule is CN(C)C1CCN(c2nnc(SCC(=O)O)s2)C1. The average molecular weight is 288 g/mol. The second-order valence-electron chi connectivity index (χ2n) is 4.39. The van der Waals surface area contributed by atoms with Crippen LogP contribution >= 0.6 is 23.1 Å². The molecular formula is C10H16N4O2S2. The number of carbonyl (C=O) groups is 1. The second-order valence-corrected chi connectivity index (χ2v) is 6.56. The van der Waals surface area contributed by atoms with E-state index in [2.05, 4.69) is 34.1 Å². The van der Waals surface area contributed by atoms with Gasteiger partial charge in [-0.15, -0.1) is 10.2 Å². The minimum Gasteiger partial charge on any atom is -0.481 e. The third kappa shape index (κ3) is 3.33. The van der Waals surface area contributed by atoms with Gasteiger partial charge >= 0.3 is 5.97 Å². The van der Waals surface area contributed by atoms with Crippen molar-refractivity contribution in [1.82, 2.24) is 15.1 Å². The summed E-state index contributed by atoms with van der Waals surface area (Å²) < 4.78 is 0.723. The molecule has 2 heterocycles. The van der Waals surface area contributed by atoms with Crippen LogP contribution in [0, 0.1) is 0 Å². The predicted octanol–water partition coefficient (Wildman–Crippen LogP) is 0.855. The maximum Gasteiger partial charge on any atom is 0.313 e. The van der Waals surface area contributed by atoms with E-state index in [1.165, 1.54) is 23.1 Å². The molecule has 0 bridgehead atoms. The van der Waals surface area contributed by atoms with Gasteiger partial charge in [0.05, 0.1) is 5.75 Å². The number of likely N-dealkylation sites (N-methyl/N-ethyl adjacent to an activating group) is 1. The number of aliphatic carboxylic acids is 1. The van der Waals surface area contributed by atoms with E-state index in [4.69, 9.17) is 5.11 Å². The minimum absolute atomic E-state index is 0.0367. The Kier molecular flexibility index (Phi) is 4.41. The van der Waals surface area contributed by atoms with Crippen LogP contribution in [0.15, 0.2) is 4.34 Å². The smallest absolute Gasteiger partial charge is 0.313 e. The maximum atomic E-state index is 10.5. The first kappa shape index (κ1) is 13.6. The number of hydrogen-bond acceptors (Lipinski definition) is 7. The van der Waals surface area contributed by atoms with Crippen LogP contribution in [-0.2, 0) is 4.79 Å². The van der Waals surface area contributed by atoms with Crippen LogP contribution in [0.5, 0.6) is 0 Å². The Morgan fingerprint density at radius 2 is 2.39 bits per heavy atom. The largest absolute Gasteiger partial charge is 0.481 e. The molecule has 1 aliphatic rings. The van der Waals surface area contributed by atoms with Gasteiger partial charge in [-0.1, -0.05) is 23.1 Å². The summed E-state index contributed by atoms with van der Waals surface area (Å²) in [6.07, 6.45) is 1.13. The lowest BCUT2D eigenvalue weighted by molar-refractivity contribution is -0.133. The zero-order chi connectivity index (χ0) is 13.1. The predicted molar refractivity (Wildman–Crippen MR) is 72.6 cm³/mol. The number of hydrogen-bond donors (Lipinski definition) is 1. The van der Waals surface area contributed by atoms with Crippen LogP contribution < -0.4 is 4.90 Å². The fourth-order valence-electron chi connectivity index (χ4n) is 1.85. The number of carboxylic acid groups (broad SMARTS) is 1. The highest BCUT2D eigenvalue weighted by Crippen LogP contribution is 2.30. The van der Waals surface area contributed by atoms with Crippen LogP contribution in [0.3, 0.4) is 0 Å². The fourth-order valence-corrected chi connectivity index (χ4v) is 3.45. The van der Waals surface area contributed by atoms with Crippen molar-refractivity contribution in [3.8, 4) is 0 Å². The van der Waals surface area contributed by atoms with Crippen molar-refractivity contribution < 1.29 is 9.90 Å². The van der Waals surface area contributed by atoms with E-state index in [9.17, 15) is 4.79 Å². The molecule has 1 saturated heterocycles. The average Bonchev–Trinajstić information content (AvgIpc) is 2.95. The van der Waals surface area contributed by atoms with Crippen LogP contribution in [0.25, 0.3) is 0 Å². The molecule has 0 aliphatic carbocycles. The normalized spacial score (nSPS) is 19.7. The van der Waals surface area contributed by atoms with Crippen molar-refractivity contribution in [2.45, 2.75) is 16.8 Å². The Morgan fingerprint density at radius 3 is 3.00 bits per heavy atom. The lowest BCUT2D eigenvalue weighted by Crippen LogP contribution is -2.31. The Bertz CT molecular complexity index is 424. The summed E-state index contributed by atoms with van der Waals surface area (Å²) in [7, 11) is 4.17. The van der Waals surface area contributed by atoms with Crippen LogP contribution in [0.2, 0.25) is 0 Å². The van der Waals surface area contributed by atoms with Crippen molar-refractivity contribution >= 4 is 34.2 Å². The summed E-state index contributed by atoms with van der Waals surface area (Å²) in [6.45, 7) is 1.95. The topological polar surface area (TPSA) is 69.6 Å². The van der Waals surface area contributed by atoms with Crippen molar-refractivity contribution in [3.63, 3.8) is 0 Å². The van der Waals surface area contributed by atoms with Gasteiger partial charge in [0, 0.05) is 19.1 Å². The molecule has 0 spiro atoms. The van der Waals surface area contributed by atoms with Gasteiger partial charge in [-0.2, -0.15) is 0 Å². The highest BCUT2D eigenvalue weighted by Gasteiger charge is 2.26. The van der Waals surface area contributed by atoms with Gasteiger partial charge in [0.25, 0.3) is 0 Å². The summed E-state index contributed by atoms with van der Waals surface area (Å²) in [5.41, 5.74) is 0. The summed E-state index contributed by atoms with van der Waals surface area (Å²) in [5.74, 6) is -0.791. The lowest BCUT2D eigenvalue weighted by Gasteiger charge is -2.19. The first-order valence-corrected chi connectivity index (χ1v) is 7.46. The van der Waals surface area contributed by atoms with Crippen LogP contribution in [0.4, 0.5) is 5.13 Å². The molecule has 1 aromatic rings. The molecule has 0 radical (unpaired) electrons. The monoisotopic (exact) mass is 288 g/mol. The molecule has 1 atom stereocenters. The van der Waals surface area contributed by atoms with Gasteiger partial charge in [0.2, 0.25) is 5.13 Å². The van der Waals surface area contributed by atoms with E-state index in [1.807, 2.05) is 0 Å². The molecule has 2 rings (SSSR count). The van der Waals surface area contributed by atoms with Crippen molar-refractivity contribution in [2.75, 3.05) is 37.8 Å². The zero-order valence-electron chi connectivity index (χ0n) is 10.4. The van der Waals surface area contributed by atoms with E-state index >= 15 is 0 Å². The van der Waals surface area contributed by atoms with Gasteiger partial charge in [-0.25, -0.2) is 0 Å². The molecule has 0 aromatic carbocycles. The first-order valence-electron chi connectivity index (χ1n) is 5.65. The van der Waals surface area contributed by atoms with Crippen LogP contribution in [0.1, 0.15) is 6.42 Å². The summed E-state index contributed by atoms with van der Waals surface area (Å²) in [6, 6.07) is 0.559. The molecule has 100 valence electrons. The van der Waals surface area contributed by atoms with Gasteiger partial charge < -0.3 is 14.9 Å². The number of rotatable bonds is 5. The molecule has 1 N–H and O–H groups in total. The van der Waals surface area contributed by atoms with E-state index in [0.29, 0.717) is 6.04 Å². The van der Waals surface area contributed by atoms with E-state index < -0.39 is 5.97 Å². The molecule has 0 amide bonds. The first-order chi connectivity index (χ1) is 8.56. The highest BCUT2D eigenvalue weighted by molar-refractivity contribution is 8.01. The Balaban J connectivity index is 1.92. The minimum atomic E-state index is -0.828. The molecule has 1 aromatic heterocycles. The molecule has 8 heteroatoms. The van der Waals surface area contributed by atoms with E-state index in [-0.39, 0.29) is 5.75 Å². The van der Waals surface area contributed by atoms with Crippen molar-refractivity contribution in [2.24, 2.45) is 0 Å². The summed E-state index contributed by atoms with van der Waals surface area (Å²) in [4.78, 5) is 14.9. The fraction of sp³-hybridized carbons (Fsp3) is 0.700. The van der Waals surface area contributed by atoms with E-state index in [1.54, 1.807) is 0 Å². The van der Waals surface area contributed by atoms with Gasteiger partial charge in [0.15, 0.2) is 4.34 Å². The van der Waals surface area contributed by atoms with Gasteiger partial charge in [-0.3, -0.25) is 4.79 Å². The third-order valence-electron chi connectivity index (χ3n) is 2.88. The Labute approximate surface area is 114 Å². The number of thioether (sulfide) groups is 1. The quantitative estimate of drug-likeness (QED) is 0.806. The van der Waals surface area contributed by atoms with Gasteiger partial charge in [0.1, 0.15) is 0 Å². The molecule has 18 heavy (non-hydrogen) atoms. The molecule has 1 aliphatic heterocycles. The van der Waals surface area contributed by atoms with Crippen molar-refractivity contribution in [3.05, 3.63) is 0 Å². The number of anilines is 1. The molecule has 1 fully saturated rings. The number of carboxylic acids is 1. The molecule has 0 saturated carbocycles. The Morgan fingerprint density at radius 1 is 1.61 bits per heavy atom. The number of nitrogens with zero attached hydrogens (tertiary/aromatic N) is 4. The van der Waals surface area contributed by atoms with Crippen LogP contribution in [-0.4, -0.2) is 65.2 Å². The molecular weight excluding hydrogens is 272 g/mol. The standard InChI is InChI=1S/C10H16N4O2S2/c1-13(2)7-3-4-14(5-7)9-11-12-10(18-9)17-6-8(15)16/h7H,3-6H2,1-2H3,(H,15,16). The third-order valence-corrected chi connectivity index (χ3v) is 4.98. The van der Waals surface area contributed by atoms with Gasteiger partial charge in [-0.05, 0) is 20.5 Å². The highest BCUT2D eigenvalue weighted by atomic mass is 32.2. The summed E-state index contributed by atoms with van der Waals surface area (Å²) in [5, 5.41) is 17.7.